The van der Waals surface area contributed by atoms with Crippen LogP contribution in [0, 0.1) is 0 Å². The smallest absolute Gasteiger partial charge is 0.223 e. The van der Waals surface area contributed by atoms with E-state index in [0.29, 0.717) is 0 Å². The highest BCUT2D eigenvalue weighted by Crippen LogP contribution is 2.32. The molecule has 0 N–H and O–H groups in total. The van der Waals surface area contributed by atoms with Gasteiger partial charge in [0.2, 0.25) is 5.91 Å². The molecule has 0 saturated heterocycles. The van der Waals surface area contributed by atoms with Crippen LogP contribution in [0.3, 0.4) is 0 Å². The molecule has 0 saturated carbocycles. The molecule has 0 fully saturated rings. The van der Waals surface area contributed by atoms with Gasteiger partial charge in [-0.3, -0.25) is 4.79 Å². The van der Waals surface area contributed by atoms with Crippen LogP contribution in [0.25, 0.3) is 0 Å². The summed E-state index contributed by atoms with van der Waals surface area (Å²) in [5.74, 6) is 0.235. The van der Waals surface area contributed by atoms with Gasteiger partial charge in [0.15, 0.2) is 0 Å². The van der Waals surface area contributed by atoms with Crippen molar-refractivity contribution in [3.63, 3.8) is 0 Å². The topological polar surface area (TPSA) is 20.3 Å². The molecule has 1 heterocycles. The number of allylic oxidation sites excluding steroid dienone is 2. The van der Waals surface area contributed by atoms with Crippen molar-refractivity contribution in [2.24, 2.45) is 0 Å². The maximum Gasteiger partial charge on any atom is 0.223 e. The van der Waals surface area contributed by atoms with E-state index in [9.17, 15) is 4.79 Å². The first-order chi connectivity index (χ1) is 6.79. The molecule has 0 bridgehead atoms. The molecular weight excluding hydrogens is 174 g/mol. The fraction of sp³-hybridized carbons (Fsp3) is 0.750. The van der Waals surface area contributed by atoms with E-state index in [4.69, 9.17) is 0 Å². The second kappa shape index (κ2) is 4.16. The van der Waals surface area contributed by atoms with E-state index < -0.39 is 0 Å². The van der Waals surface area contributed by atoms with E-state index in [-0.39, 0.29) is 5.91 Å². The van der Waals surface area contributed by atoms with Gasteiger partial charge in [-0.25, -0.2) is 0 Å². The van der Waals surface area contributed by atoms with Crippen LogP contribution in [0.1, 0.15) is 51.9 Å². The van der Waals surface area contributed by atoms with Crippen LogP contribution in [-0.4, -0.2) is 17.4 Å². The number of carbonyl (C=O) groups is 1. The highest BCUT2D eigenvalue weighted by Gasteiger charge is 2.23. The summed E-state index contributed by atoms with van der Waals surface area (Å²) in [7, 11) is 0. The number of hydrogen-bond acceptors (Lipinski definition) is 1. The highest BCUT2D eigenvalue weighted by molar-refractivity contribution is 5.75. The molecule has 0 aromatic heterocycles. The van der Waals surface area contributed by atoms with E-state index in [1.807, 2.05) is 4.90 Å². The zero-order valence-electron chi connectivity index (χ0n) is 9.01. The van der Waals surface area contributed by atoms with Crippen molar-refractivity contribution in [3.8, 4) is 0 Å². The van der Waals surface area contributed by atoms with Gasteiger partial charge in [0.25, 0.3) is 0 Å². The van der Waals surface area contributed by atoms with Crippen molar-refractivity contribution in [1.82, 2.24) is 4.90 Å². The summed E-state index contributed by atoms with van der Waals surface area (Å²) >= 11 is 0. The van der Waals surface area contributed by atoms with Gasteiger partial charge >= 0.3 is 0 Å². The first-order valence-corrected chi connectivity index (χ1v) is 5.78. The lowest BCUT2D eigenvalue weighted by Crippen LogP contribution is -2.32. The Labute approximate surface area is 86.0 Å². The molecule has 78 valence electrons. The van der Waals surface area contributed by atoms with Gasteiger partial charge in [0.05, 0.1) is 0 Å². The summed E-state index contributed by atoms with van der Waals surface area (Å²) in [5, 5.41) is 0. The number of hydrogen-bond donors (Lipinski definition) is 0. The standard InChI is InChI=1S/C12H19NO/c1-10(14)13-9-5-7-11-6-3-2-4-8-12(11)13/h2-9H2,1H3. The first kappa shape index (κ1) is 9.75. The van der Waals surface area contributed by atoms with Gasteiger partial charge in [-0.15, -0.1) is 0 Å². The molecule has 0 aromatic rings. The highest BCUT2D eigenvalue weighted by atomic mass is 16.2. The summed E-state index contributed by atoms with van der Waals surface area (Å²) in [6, 6.07) is 0. The zero-order valence-corrected chi connectivity index (χ0v) is 9.01. The molecule has 2 heteroatoms. The Morgan fingerprint density at radius 2 is 1.79 bits per heavy atom. The van der Waals surface area contributed by atoms with E-state index in [2.05, 4.69) is 0 Å². The fourth-order valence-corrected chi connectivity index (χ4v) is 2.66. The predicted molar refractivity (Wildman–Crippen MR) is 56.7 cm³/mol. The molecule has 2 nitrogen and oxygen atoms in total. The molecule has 2 aliphatic rings. The minimum absolute atomic E-state index is 0.235. The van der Waals surface area contributed by atoms with Crippen molar-refractivity contribution >= 4 is 5.91 Å². The SMILES string of the molecule is CC(=O)N1CCCC2=C1CCCCC2. The van der Waals surface area contributed by atoms with Crippen molar-refractivity contribution in [1.29, 1.82) is 0 Å². The summed E-state index contributed by atoms with van der Waals surface area (Å²) < 4.78 is 0. The maximum atomic E-state index is 11.5. The molecule has 0 radical (unpaired) electrons. The van der Waals surface area contributed by atoms with Gasteiger partial charge in [0, 0.05) is 19.2 Å². The number of amides is 1. The maximum absolute atomic E-state index is 11.5. The number of carbonyl (C=O) groups excluding carboxylic acids is 1. The minimum atomic E-state index is 0.235. The normalized spacial score (nSPS) is 23.1. The first-order valence-electron chi connectivity index (χ1n) is 5.78. The van der Waals surface area contributed by atoms with E-state index in [0.717, 1.165) is 13.0 Å². The molecule has 1 aliphatic heterocycles. The average molecular weight is 193 g/mol. The van der Waals surface area contributed by atoms with Crippen LogP contribution in [0.2, 0.25) is 0 Å². The van der Waals surface area contributed by atoms with Gasteiger partial charge < -0.3 is 4.90 Å². The van der Waals surface area contributed by atoms with E-state index >= 15 is 0 Å². The van der Waals surface area contributed by atoms with Crippen LogP contribution in [0.5, 0.6) is 0 Å². The molecule has 0 atom stereocenters. The van der Waals surface area contributed by atoms with Crippen LogP contribution in [0.15, 0.2) is 11.3 Å². The third-order valence-corrected chi connectivity index (χ3v) is 3.37. The van der Waals surface area contributed by atoms with Crippen molar-refractivity contribution in [2.45, 2.75) is 51.9 Å². The summed E-state index contributed by atoms with van der Waals surface area (Å²) in [6.45, 7) is 2.65. The van der Waals surface area contributed by atoms with Gasteiger partial charge in [-0.1, -0.05) is 12.0 Å². The number of rotatable bonds is 0. The summed E-state index contributed by atoms with van der Waals surface area (Å²) in [4.78, 5) is 13.5. The third kappa shape index (κ3) is 1.84. The Balaban J connectivity index is 2.23. The Morgan fingerprint density at radius 1 is 1.07 bits per heavy atom. The Bertz CT molecular complexity index is 267. The molecular formula is C12H19NO. The fourth-order valence-electron chi connectivity index (χ4n) is 2.66. The second-order valence-corrected chi connectivity index (χ2v) is 4.39. The lowest BCUT2D eigenvalue weighted by molar-refractivity contribution is -0.127. The van der Waals surface area contributed by atoms with Gasteiger partial charge in [-0.05, 0) is 38.5 Å². The Morgan fingerprint density at radius 3 is 2.57 bits per heavy atom. The molecule has 0 unspecified atom stereocenters. The number of nitrogens with zero attached hydrogens (tertiary/aromatic N) is 1. The third-order valence-electron chi connectivity index (χ3n) is 3.37. The molecule has 0 spiro atoms. The molecule has 1 amide bonds. The lowest BCUT2D eigenvalue weighted by atomic mass is 9.98. The molecule has 14 heavy (non-hydrogen) atoms. The lowest BCUT2D eigenvalue weighted by Gasteiger charge is -2.30. The van der Waals surface area contributed by atoms with Crippen LogP contribution >= 0.6 is 0 Å². The van der Waals surface area contributed by atoms with Crippen LogP contribution < -0.4 is 0 Å². The average Bonchev–Trinajstić information content (AvgIpc) is 2.41. The quantitative estimate of drug-likeness (QED) is 0.579. The predicted octanol–water partition coefficient (Wildman–Crippen LogP) is 2.85. The summed E-state index contributed by atoms with van der Waals surface area (Å²) in [5.41, 5.74) is 2.95. The minimum Gasteiger partial charge on any atom is -0.316 e. The Kier molecular flexibility index (Phi) is 2.90. The van der Waals surface area contributed by atoms with Gasteiger partial charge in [0.1, 0.15) is 0 Å². The van der Waals surface area contributed by atoms with Crippen molar-refractivity contribution in [3.05, 3.63) is 11.3 Å². The molecule has 0 aromatic carbocycles. The van der Waals surface area contributed by atoms with Crippen molar-refractivity contribution in [2.75, 3.05) is 6.54 Å². The Hall–Kier alpha value is -0.790. The molecule has 1 aliphatic carbocycles. The van der Waals surface area contributed by atoms with E-state index in [1.54, 1.807) is 12.5 Å². The van der Waals surface area contributed by atoms with Crippen LogP contribution in [0.4, 0.5) is 0 Å². The van der Waals surface area contributed by atoms with Gasteiger partial charge in [-0.2, -0.15) is 0 Å². The largest absolute Gasteiger partial charge is 0.316 e. The van der Waals surface area contributed by atoms with E-state index in [1.165, 1.54) is 44.2 Å². The monoisotopic (exact) mass is 193 g/mol. The van der Waals surface area contributed by atoms with Crippen molar-refractivity contribution < 1.29 is 4.79 Å². The summed E-state index contributed by atoms with van der Waals surface area (Å²) in [6.07, 6.45) is 8.69. The second-order valence-electron chi connectivity index (χ2n) is 4.39. The van der Waals surface area contributed by atoms with Crippen LogP contribution in [-0.2, 0) is 4.79 Å². The molecule has 2 rings (SSSR count). The zero-order chi connectivity index (χ0) is 9.97.